The number of nitrogens with one attached hydrogen (secondary N) is 2. The highest BCUT2D eigenvalue weighted by Crippen LogP contribution is 2.26. The lowest BCUT2D eigenvalue weighted by molar-refractivity contribution is 0.400. The molecular weight excluding hydrogens is 465 g/mol. The molecule has 0 bridgehead atoms. The van der Waals surface area contributed by atoms with Gasteiger partial charge in [0.1, 0.15) is 28.2 Å². The molecule has 2 heterocycles. The zero-order valence-corrected chi connectivity index (χ0v) is 18.7. The van der Waals surface area contributed by atoms with Crippen LogP contribution in [0.1, 0.15) is 10.8 Å². The number of aryl methyl sites for hydroxylation is 1. The van der Waals surface area contributed by atoms with Crippen molar-refractivity contribution in [1.29, 1.82) is 5.26 Å². The second-order valence-electron chi connectivity index (χ2n) is 6.81. The molecule has 2 aromatic carbocycles. The lowest BCUT2D eigenvalue weighted by atomic mass is 10.2. The van der Waals surface area contributed by atoms with Crippen LogP contribution in [0.5, 0.6) is 0 Å². The van der Waals surface area contributed by atoms with Crippen LogP contribution >= 0.6 is 11.3 Å². The number of nitrogens with zero attached hydrogens (tertiary/aromatic N) is 3. The zero-order chi connectivity index (χ0) is 23.4. The molecule has 0 aliphatic rings. The van der Waals surface area contributed by atoms with Crippen molar-refractivity contribution >= 4 is 38.4 Å². The van der Waals surface area contributed by atoms with Gasteiger partial charge in [0.25, 0.3) is 10.0 Å². The van der Waals surface area contributed by atoms with Crippen molar-refractivity contribution in [3.8, 4) is 17.3 Å². The van der Waals surface area contributed by atoms with Crippen LogP contribution in [0.15, 0.2) is 75.6 Å². The maximum absolute atomic E-state index is 13.1. The molecule has 0 radical (unpaired) electrons. The standard InChI is InChI=1S/C22H16FN5O3S2/c1-14-10-21(27-31-14)28-33(29,30)19-8-6-18(7-9-19)25-12-16(11-24)22-26-20(13-32-22)15-2-4-17(23)5-3-15/h2-10,12-13,25H,1H3,(H,27,28)/b16-12-. The first-order chi connectivity index (χ1) is 15.8. The Hall–Kier alpha value is -4.01. The van der Waals surface area contributed by atoms with Crippen LogP contribution in [-0.4, -0.2) is 18.6 Å². The largest absolute Gasteiger partial charge is 0.360 e. The first-order valence-electron chi connectivity index (χ1n) is 9.49. The third-order valence-electron chi connectivity index (χ3n) is 4.41. The average molecular weight is 482 g/mol. The number of allylic oxidation sites excluding steroid dienone is 1. The SMILES string of the molecule is Cc1cc(NS(=O)(=O)c2ccc(N/C=C(/C#N)c3nc(-c4ccc(F)cc4)cs3)cc2)no1. The summed E-state index contributed by atoms with van der Waals surface area (Å²) < 4.78 is 45.2. The van der Waals surface area contributed by atoms with E-state index in [1.807, 2.05) is 0 Å². The summed E-state index contributed by atoms with van der Waals surface area (Å²) in [4.78, 5) is 4.49. The van der Waals surface area contributed by atoms with Gasteiger partial charge in [-0.25, -0.2) is 17.8 Å². The van der Waals surface area contributed by atoms with Crippen LogP contribution in [0.4, 0.5) is 15.9 Å². The van der Waals surface area contributed by atoms with Gasteiger partial charge in [-0.15, -0.1) is 11.3 Å². The number of hydrogen-bond acceptors (Lipinski definition) is 8. The molecule has 33 heavy (non-hydrogen) atoms. The third-order valence-corrected chi connectivity index (χ3v) is 6.66. The molecule has 166 valence electrons. The van der Waals surface area contributed by atoms with Gasteiger partial charge in [0.2, 0.25) is 0 Å². The quantitative estimate of drug-likeness (QED) is 0.355. The number of sulfonamides is 1. The van der Waals surface area contributed by atoms with Crippen molar-refractivity contribution < 1.29 is 17.3 Å². The summed E-state index contributed by atoms with van der Waals surface area (Å²) in [5.74, 6) is 0.246. The molecule has 2 N–H and O–H groups in total. The summed E-state index contributed by atoms with van der Waals surface area (Å²) in [6, 6.07) is 15.5. The summed E-state index contributed by atoms with van der Waals surface area (Å²) in [5.41, 5.74) is 2.26. The number of rotatable bonds is 7. The number of nitriles is 1. The summed E-state index contributed by atoms with van der Waals surface area (Å²) in [5, 5.41) is 18.4. The van der Waals surface area contributed by atoms with Gasteiger partial charge < -0.3 is 9.84 Å². The van der Waals surface area contributed by atoms with Crippen LogP contribution in [0.3, 0.4) is 0 Å². The fourth-order valence-electron chi connectivity index (χ4n) is 2.79. The molecule has 0 atom stereocenters. The molecule has 4 rings (SSSR count). The molecular formula is C22H16FN5O3S2. The highest BCUT2D eigenvalue weighted by molar-refractivity contribution is 7.92. The lowest BCUT2D eigenvalue weighted by Crippen LogP contribution is -2.13. The van der Waals surface area contributed by atoms with E-state index in [0.29, 0.717) is 27.7 Å². The van der Waals surface area contributed by atoms with Crippen LogP contribution in [0.25, 0.3) is 16.8 Å². The predicted octanol–water partition coefficient (Wildman–Crippen LogP) is 5.02. The van der Waals surface area contributed by atoms with E-state index in [4.69, 9.17) is 4.52 Å². The number of aromatic nitrogens is 2. The highest BCUT2D eigenvalue weighted by atomic mass is 32.2. The number of benzene rings is 2. The normalized spacial score (nSPS) is 11.7. The molecule has 0 saturated carbocycles. The highest BCUT2D eigenvalue weighted by Gasteiger charge is 2.16. The van der Waals surface area contributed by atoms with Crippen molar-refractivity contribution in [2.24, 2.45) is 0 Å². The molecule has 8 nitrogen and oxygen atoms in total. The molecule has 0 amide bonds. The van der Waals surface area contributed by atoms with Gasteiger partial charge in [-0.3, -0.25) is 4.72 Å². The summed E-state index contributed by atoms with van der Waals surface area (Å²) in [6.45, 7) is 1.66. The Kier molecular flexibility index (Phi) is 6.21. The van der Waals surface area contributed by atoms with E-state index in [9.17, 15) is 18.1 Å². The number of halogens is 1. The zero-order valence-electron chi connectivity index (χ0n) is 17.1. The summed E-state index contributed by atoms with van der Waals surface area (Å²) in [6.07, 6.45) is 1.49. The van der Waals surface area contributed by atoms with Gasteiger partial charge in [0, 0.05) is 28.9 Å². The topological polar surface area (TPSA) is 121 Å². The molecule has 2 aromatic heterocycles. The van der Waals surface area contributed by atoms with E-state index in [1.165, 1.54) is 47.9 Å². The second-order valence-corrected chi connectivity index (χ2v) is 9.35. The van der Waals surface area contributed by atoms with Crippen molar-refractivity contribution in [3.63, 3.8) is 0 Å². The first-order valence-corrected chi connectivity index (χ1v) is 11.9. The average Bonchev–Trinajstić information content (AvgIpc) is 3.44. The third kappa shape index (κ3) is 5.25. The van der Waals surface area contributed by atoms with Gasteiger partial charge in [0.15, 0.2) is 5.82 Å². The van der Waals surface area contributed by atoms with E-state index in [0.717, 1.165) is 5.56 Å². The fraction of sp³-hybridized carbons (Fsp3) is 0.0455. The number of thiazole rings is 1. The smallest absolute Gasteiger partial charge is 0.263 e. The lowest BCUT2D eigenvalue weighted by Gasteiger charge is -2.06. The maximum Gasteiger partial charge on any atom is 0.263 e. The molecule has 0 unspecified atom stereocenters. The minimum atomic E-state index is -3.82. The molecule has 0 aliphatic carbocycles. The Balaban J connectivity index is 1.47. The molecule has 11 heteroatoms. The molecule has 0 spiro atoms. The molecule has 0 saturated heterocycles. The van der Waals surface area contributed by atoms with Gasteiger partial charge in [-0.2, -0.15) is 5.26 Å². The van der Waals surface area contributed by atoms with Crippen LogP contribution < -0.4 is 10.0 Å². The Morgan fingerprint density at radius 1 is 1.18 bits per heavy atom. The molecule has 0 fully saturated rings. The Labute approximate surface area is 193 Å². The van der Waals surface area contributed by atoms with E-state index in [2.05, 4.69) is 26.2 Å². The van der Waals surface area contributed by atoms with Crippen molar-refractivity contribution in [2.75, 3.05) is 10.0 Å². The number of hydrogen-bond donors (Lipinski definition) is 2. The van der Waals surface area contributed by atoms with Crippen molar-refractivity contribution in [2.45, 2.75) is 11.8 Å². The van der Waals surface area contributed by atoms with E-state index >= 15 is 0 Å². The van der Waals surface area contributed by atoms with Crippen LogP contribution in [-0.2, 0) is 10.0 Å². The molecule has 4 aromatic rings. The minimum Gasteiger partial charge on any atom is -0.360 e. The first kappa shape index (κ1) is 22.2. The second kappa shape index (κ2) is 9.23. The Bertz CT molecular complexity index is 1450. The van der Waals surface area contributed by atoms with Gasteiger partial charge >= 0.3 is 0 Å². The Morgan fingerprint density at radius 3 is 2.55 bits per heavy atom. The van der Waals surface area contributed by atoms with Crippen LogP contribution in [0.2, 0.25) is 0 Å². The van der Waals surface area contributed by atoms with Crippen LogP contribution in [0, 0.1) is 24.1 Å². The van der Waals surface area contributed by atoms with E-state index < -0.39 is 10.0 Å². The summed E-state index contributed by atoms with van der Waals surface area (Å²) >= 11 is 1.29. The summed E-state index contributed by atoms with van der Waals surface area (Å²) in [7, 11) is -3.82. The minimum absolute atomic E-state index is 0.0436. The predicted molar refractivity (Wildman–Crippen MR) is 123 cm³/mol. The van der Waals surface area contributed by atoms with E-state index in [-0.39, 0.29) is 16.5 Å². The van der Waals surface area contributed by atoms with Gasteiger partial charge in [-0.1, -0.05) is 5.16 Å². The van der Waals surface area contributed by atoms with E-state index in [1.54, 1.807) is 36.6 Å². The monoisotopic (exact) mass is 481 g/mol. The fourth-order valence-corrected chi connectivity index (χ4v) is 4.57. The number of anilines is 2. The Morgan fingerprint density at radius 2 is 1.91 bits per heavy atom. The van der Waals surface area contributed by atoms with Crippen molar-refractivity contribution in [3.05, 3.63) is 82.8 Å². The van der Waals surface area contributed by atoms with Crippen molar-refractivity contribution in [1.82, 2.24) is 10.1 Å². The maximum atomic E-state index is 13.1. The van der Waals surface area contributed by atoms with Gasteiger partial charge in [0.05, 0.1) is 10.6 Å². The molecule has 0 aliphatic heterocycles. The van der Waals surface area contributed by atoms with Gasteiger partial charge in [-0.05, 0) is 55.5 Å².